The number of aromatic nitrogens is 3. The van der Waals surface area contributed by atoms with Crippen molar-refractivity contribution in [3.8, 4) is 5.75 Å². The standard InChI is InChI=1S/C25H24Cl3N3O/c26-17-9-20(27)22(21(28)10-17)32-12-14-2-1-5-31-23(14)29-30-24(31)18-7-13-6-16-8-15-3-4-19(18)25(15,16)11-13/h1-2,5,9-10,13,15-16,18-19H,3-4,6-8,11-12H2. The number of fused-ring (bicyclic) bond motifs is 2. The summed E-state index contributed by atoms with van der Waals surface area (Å²) in [6.07, 6.45) is 10.6. The fourth-order valence-corrected chi connectivity index (χ4v) is 9.04. The van der Waals surface area contributed by atoms with Crippen molar-refractivity contribution >= 4 is 40.4 Å². The van der Waals surface area contributed by atoms with Crippen molar-refractivity contribution in [2.45, 2.75) is 51.0 Å². The first kappa shape index (κ1) is 19.9. The Morgan fingerprint density at radius 2 is 1.88 bits per heavy atom. The lowest BCUT2D eigenvalue weighted by atomic mass is 9.50. The number of pyridine rings is 1. The number of halogens is 3. The average molecular weight is 489 g/mol. The molecule has 4 aliphatic rings. The summed E-state index contributed by atoms with van der Waals surface area (Å²) in [5.74, 6) is 5.72. The topological polar surface area (TPSA) is 39.4 Å². The minimum absolute atomic E-state index is 0.314. The maximum Gasteiger partial charge on any atom is 0.167 e. The lowest BCUT2D eigenvalue weighted by molar-refractivity contribution is -0.0548. The Balaban J connectivity index is 1.21. The van der Waals surface area contributed by atoms with Crippen LogP contribution < -0.4 is 4.74 Å². The second kappa shape index (κ2) is 7.01. The third-order valence-corrected chi connectivity index (χ3v) is 9.93. The van der Waals surface area contributed by atoms with Crippen LogP contribution >= 0.6 is 34.8 Å². The second-order valence-electron chi connectivity index (χ2n) is 10.3. The molecule has 1 spiro atoms. The molecule has 2 bridgehead atoms. The summed E-state index contributed by atoms with van der Waals surface area (Å²) in [5.41, 5.74) is 2.46. The quantitative estimate of drug-likeness (QED) is 0.390. The Morgan fingerprint density at radius 3 is 2.72 bits per heavy atom. The van der Waals surface area contributed by atoms with Gasteiger partial charge in [-0.1, -0.05) is 40.9 Å². The van der Waals surface area contributed by atoms with Crippen LogP contribution in [0.5, 0.6) is 5.75 Å². The number of benzene rings is 1. The fraction of sp³-hybridized carbons (Fsp3) is 0.520. The average Bonchev–Trinajstić information content (AvgIpc) is 3.39. The van der Waals surface area contributed by atoms with Gasteiger partial charge in [-0.05, 0) is 85.8 Å². The summed E-state index contributed by atoms with van der Waals surface area (Å²) in [6, 6.07) is 7.37. The van der Waals surface area contributed by atoms with Gasteiger partial charge in [0, 0.05) is 22.7 Å². The largest absolute Gasteiger partial charge is 0.486 e. The van der Waals surface area contributed by atoms with Crippen molar-refractivity contribution in [3.05, 3.63) is 56.9 Å². The van der Waals surface area contributed by atoms with E-state index in [0.717, 1.165) is 40.7 Å². The van der Waals surface area contributed by atoms with Gasteiger partial charge in [-0.25, -0.2) is 0 Å². The predicted octanol–water partition coefficient (Wildman–Crippen LogP) is 7.20. The van der Waals surface area contributed by atoms with E-state index in [1.54, 1.807) is 12.1 Å². The fourth-order valence-electron chi connectivity index (χ4n) is 8.12. The third kappa shape index (κ3) is 2.63. The van der Waals surface area contributed by atoms with E-state index >= 15 is 0 Å². The zero-order valence-corrected chi connectivity index (χ0v) is 19.9. The van der Waals surface area contributed by atoms with Crippen LogP contribution in [0.2, 0.25) is 15.1 Å². The Hall–Kier alpha value is -1.49. The number of nitrogens with zero attached hydrogens (tertiary/aromatic N) is 3. The van der Waals surface area contributed by atoms with Crippen molar-refractivity contribution < 1.29 is 4.74 Å². The number of hydrogen-bond acceptors (Lipinski definition) is 3. The molecule has 0 saturated heterocycles. The monoisotopic (exact) mass is 487 g/mol. The van der Waals surface area contributed by atoms with Crippen molar-refractivity contribution in [1.82, 2.24) is 14.6 Å². The van der Waals surface area contributed by atoms with Crippen molar-refractivity contribution in [2.24, 2.45) is 29.1 Å². The molecule has 32 heavy (non-hydrogen) atoms. The maximum absolute atomic E-state index is 6.30. The van der Waals surface area contributed by atoms with Gasteiger partial charge in [-0.2, -0.15) is 0 Å². The van der Waals surface area contributed by atoms with E-state index in [-0.39, 0.29) is 0 Å². The smallest absolute Gasteiger partial charge is 0.167 e. The molecule has 0 radical (unpaired) electrons. The SMILES string of the molecule is Clc1cc(Cl)c(OCc2cccn3c(C4CC5CC6CC7CCC4C76C5)nnc23)c(Cl)c1. The van der Waals surface area contributed by atoms with Gasteiger partial charge in [0.2, 0.25) is 0 Å². The van der Waals surface area contributed by atoms with Gasteiger partial charge in [0.05, 0.1) is 10.0 Å². The van der Waals surface area contributed by atoms with E-state index in [1.165, 1.54) is 38.5 Å². The van der Waals surface area contributed by atoms with E-state index in [2.05, 4.69) is 21.8 Å². The molecule has 166 valence electrons. The molecule has 7 rings (SSSR count). The number of hydrogen-bond donors (Lipinski definition) is 0. The van der Waals surface area contributed by atoms with Gasteiger partial charge in [0.15, 0.2) is 11.4 Å². The molecular formula is C25H24Cl3N3O. The van der Waals surface area contributed by atoms with Crippen LogP contribution in [-0.2, 0) is 6.61 Å². The van der Waals surface area contributed by atoms with E-state index in [0.29, 0.717) is 38.8 Å². The van der Waals surface area contributed by atoms with Crippen LogP contribution in [0.4, 0.5) is 0 Å². The Kier molecular flexibility index (Phi) is 4.36. The van der Waals surface area contributed by atoms with Gasteiger partial charge in [-0.3, -0.25) is 4.40 Å². The number of ether oxygens (including phenoxy) is 1. The highest BCUT2D eigenvalue weighted by atomic mass is 35.5. The molecule has 0 N–H and O–H groups in total. The second-order valence-corrected chi connectivity index (χ2v) is 11.6. The van der Waals surface area contributed by atoms with E-state index in [9.17, 15) is 0 Å². The third-order valence-electron chi connectivity index (χ3n) is 9.15. The van der Waals surface area contributed by atoms with Gasteiger partial charge in [-0.15, -0.1) is 10.2 Å². The zero-order valence-electron chi connectivity index (χ0n) is 17.6. The molecule has 7 heteroatoms. The molecule has 3 aromatic rings. The summed E-state index contributed by atoms with van der Waals surface area (Å²) < 4.78 is 8.21. The first-order valence-electron chi connectivity index (χ1n) is 11.6. The highest BCUT2D eigenvalue weighted by Gasteiger charge is 2.69. The molecule has 1 aromatic carbocycles. The molecule has 4 fully saturated rings. The highest BCUT2D eigenvalue weighted by Crippen LogP contribution is 2.77. The molecule has 4 nitrogen and oxygen atoms in total. The maximum atomic E-state index is 6.30. The van der Waals surface area contributed by atoms with Gasteiger partial charge < -0.3 is 4.74 Å². The summed E-state index contributed by atoms with van der Waals surface area (Å²) >= 11 is 18.6. The van der Waals surface area contributed by atoms with Crippen molar-refractivity contribution in [1.29, 1.82) is 0 Å². The molecular weight excluding hydrogens is 465 g/mol. The molecule has 6 atom stereocenters. The summed E-state index contributed by atoms with van der Waals surface area (Å²) in [4.78, 5) is 0. The summed E-state index contributed by atoms with van der Waals surface area (Å²) in [6.45, 7) is 0.314. The lowest BCUT2D eigenvalue weighted by Crippen LogP contribution is -2.48. The Labute approximate surface area is 202 Å². The van der Waals surface area contributed by atoms with E-state index in [4.69, 9.17) is 44.6 Å². The molecule has 0 aliphatic heterocycles. The lowest BCUT2D eigenvalue weighted by Gasteiger charge is -2.55. The zero-order chi connectivity index (χ0) is 21.6. The van der Waals surface area contributed by atoms with Crippen molar-refractivity contribution in [2.75, 3.05) is 0 Å². The predicted molar refractivity (Wildman–Crippen MR) is 126 cm³/mol. The molecule has 6 unspecified atom stereocenters. The highest BCUT2D eigenvalue weighted by molar-refractivity contribution is 6.40. The van der Waals surface area contributed by atoms with Gasteiger partial charge >= 0.3 is 0 Å². The minimum Gasteiger partial charge on any atom is -0.486 e. The van der Waals surface area contributed by atoms with E-state index < -0.39 is 0 Å². The molecule has 2 heterocycles. The van der Waals surface area contributed by atoms with Crippen LogP contribution in [0.3, 0.4) is 0 Å². The number of rotatable bonds is 4. The first-order valence-corrected chi connectivity index (χ1v) is 12.8. The van der Waals surface area contributed by atoms with E-state index in [1.807, 2.05) is 6.07 Å². The normalized spacial score (nSPS) is 34.5. The summed E-state index contributed by atoms with van der Waals surface area (Å²) in [7, 11) is 0. The Bertz CT molecular complexity index is 1220. The van der Waals surface area contributed by atoms with Crippen LogP contribution in [0.25, 0.3) is 5.65 Å². The van der Waals surface area contributed by atoms with Crippen LogP contribution in [0, 0.1) is 29.1 Å². The van der Waals surface area contributed by atoms with Crippen LogP contribution in [-0.4, -0.2) is 14.6 Å². The molecule has 0 amide bonds. The first-order chi connectivity index (χ1) is 15.5. The van der Waals surface area contributed by atoms with Gasteiger partial charge in [0.25, 0.3) is 0 Å². The molecule has 4 aliphatic carbocycles. The summed E-state index contributed by atoms with van der Waals surface area (Å²) in [5, 5.41) is 10.7. The van der Waals surface area contributed by atoms with Crippen molar-refractivity contribution in [3.63, 3.8) is 0 Å². The Morgan fingerprint density at radius 1 is 1.03 bits per heavy atom. The molecule has 4 saturated carbocycles. The van der Waals surface area contributed by atoms with Crippen LogP contribution in [0.15, 0.2) is 30.5 Å². The minimum atomic E-state index is 0.314. The van der Waals surface area contributed by atoms with Crippen LogP contribution in [0.1, 0.15) is 55.8 Å². The van der Waals surface area contributed by atoms with Gasteiger partial charge in [0.1, 0.15) is 12.4 Å². The molecule has 2 aromatic heterocycles.